The maximum atomic E-state index is 11.0. The molecule has 2 N–H and O–H groups in total. The van der Waals surface area contributed by atoms with E-state index in [-0.39, 0.29) is 12.5 Å². The SMILES string of the molecule is O=C(O)CC1CNCCCN1c1cccc(Br)c1. The second-order valence-corrected chi connectivity index (χ2v) is 5.40. The Morgan fingerprint density at radius 3 is 3.11 bits per heavy atom. The lowest BCUT2D eigenvalue weighted by Gasteiger charge is -2.31. The van der Waals surface area contributed by atoms with Crippen molar-refractivity contribution in [2.45, 2.75) is 18.9 Å². The summed E-state index contributed by atoms with van der Waals surface area (Å²) < 4.78 is 1.02. The number of rotatable bonds is 3. The molecule has 0 aromatic heterocycles. The zero-order valence-electron chi connectivity index (χ0n) is 10.1. The Balaban J connectivity index is 2.22. The van der Waals surface area contributed by atoms with Crippen LogP contribution in [0.3, 0.4) is 0 Å². The predicted molar refractivity (Wildman–Crippen MR) is 75.0 cm³/mol. The van der Waals surface area contributed by atoms with Crippen molar-refractivity contribution in [1.82, 2.24) is 5.32 Å². The molecule has 18 heavy (non-hydrogen) atoms. The van der Waals surface area contributed by atoms with Crippen LogP contribution in [0.4, 0.5) is 5.69 Å². The Bertz CT molecular complexity index is 425. The van der Waals surface area contributed by atoms with Crippen LogP contribution in [0.1, 0.15) is 12.8 Å². The van der Waals surface area contributed by atoms with Gasteiger partial charge in [0.2, 0.25) is 0 Å². The third kappa shape index (κ3) is 3.46. The van der Waals surface area contributed by atoms with Crippen molar-refractivity contribution in [3.05, 3.63) is 28.7 Å². The molecule has 1 aromatic carbocycles. The third-order valence-corrected chi connectivity index (χ3v) is 3.62. The van der Waals surface area contributed by atoms with Gasteiger partial charge in [-0.05, 0) is 31.2 Å². The molecule has 0 saturated carbocycles. The first-order valence-electron chi connectivity index (χ1n) is 6.11. The molecule has 0 aliphatic carbocycles. The summed E-state index contributed by atoms with van der Waals surface area (Å²) in [4.78, 5) is 13.2. The molecule has 0 amide bonds. The van der Waals surface area contributed by atoms with Crippen LogP contribution in [0.5, 0.6) is 0 Å². The molecule has 0 radical (unpaired) electrons. The van der Waals surface area contributed by atoms with E-state index >= 15 is 0 Å². The number of anilines is 1. The van der Waals surface area contributed by atoms with E-state index in [1.807, 2.05) is 24.3 Å². The highest BCUT2D eigenvalue weighted by Crippen LogP contribution is 2.23. The lowest BCUT2D eigenvalue weighted by molar-refractivity contribution is -0.137. The minimum Gasteiger partial charge on any atom is -0.481 e. The average Bonchev–Trinajstić information content (AvgIpc) is 2.54. The van der Waals surface area contributed by atoms with Crippen LogP contribution in [-0.2, 0) is 4.79 Å². The van der Waals surface area contributed by atoms with Gasteiger partial charge < -0.3 is 15.3 Å². The first-order chi connectivity index (χ1) is 8.66. The molecule has 1 fully saturated rings. The Morgan fingerprint density at radius 2 is 2.39 bits per heavy atom. The number of nitrogens with one attached hydrogen (secondary N) is 1. The van der Waals surface area contributed by atoms with Crippen LogP contribution in [0.15, 0.2) is 28.7 Å². The second kappa shape index (κ2) is 6.20. The number of hydrogen-bond acceptors (Lipinski definition) is 3. The summed E-state index contributed by atoms with van der Waals surface area (Å²) in [5, 5.41) is 12.3. The van der Waals surface area contributed by atoms with E-state index in [0.29, 0.717) is 0 Å². The van der Waals surface area contributed by atoms with E-state index in [1.54, 1.807) is 0 Å². The van der Waals surface area contributed by atoms with Gasteiger partial charge in [0, 0.05) is 23.2 Å². The molecule has 1 aromatic rings. The van der Waals surface area contributed by atoms with E-state index in [2.05, 4.69) is 26.1 Å². The van der Waals surface area contributed by atoms with Gasteiger partial charge in [0.05, 0.1) is 12.5 Å². The molecule has 1 aliphatic heterocycles. The molecule has 1 saturated heterocycles. The van der Waals surface area contributed by atoms with Crippen molar-refractivity contribution in [3.8, 4) is 0 Å². The first-order valence-corrected chi connectivity index (χ1v) is 6.91. The van der Waals surface area contributed by atoms with Gasteiger partial charge >= 0.3 is 5.97 Å². The standard InChI is InChI=1S/C13H17BrN2O2/c14-10-3-1-4-11(7-10)16-6-2-5-15-9-12(16)8-13(17)18/h1,3-4,7,12,15H,2,5-6,8-9H2,(H,17,18). The van der Waals surface area contributed by atoms with Gasteiger partial charge in [-0.1, -0.05) is 22.0 Å². The molecule has 2 rings (SSSR count). The summed E-state index contributed by atoms with van der Waals surface area (Å²) in [6.45, 7) is 2.56. The van der Waals surface area contributed by atoms with Crippen LogP contribution in [0.25, 0.3) is 0 Å². The number of hydrogen-bond donors (Lipinski definition) is 2. The van der Waals surface area contributed by atoms with E-state index in [4.69, 9.17) is 5.11 Å². The molecule has 98 valence electrons. The van der Waals surface area contributed by atoms with Crippen LogP contribution in [0.2, 0.25) is 0 Å². The van der Waals surface area contributed by atoms with Gasteiger partial charge in [0.25, 0.3) is 0 Å². The molecular weight excluding hydrogens is 296 g/mol. The lowest BCUT2D eigenvalue weighted by Crippen LogP contribution is -2.41. The zero-order valence-corrected chi connectivity index (χ0v) is 11.7. The molecule has 5 heteroatoms. The molecule has 1 unspecified atom stereocenters. The minimum atomic E-state index is -0.747. The Labute approximate surface area is 115 Å². The molecule has 0 spiro atoms. The number of nitrogens with zero attached hydrogens (tertiary/aromatic N) is 1. The number of carboxylic acids is 1. The number of halogens is 1. The minimum absolute atomic E-state index is 0.0132. The molecule has 1 atom stereocenters. The van der Waals surface area contributed by atoms with Crippen molar-refractivity contribution >= 4 is 27.6 Å². The number of benzene rings is 1. The fraction of sp³-hybridized carbons (Fsp3) is 0.462. The average molecular weight is 313 g/mol. The molecule has 1 aliphatic rings. The van der Waals surface area contributed by atoms with Crippen molar-refractivity contribution in [2.75, 3.05) is 24.5 Å². The lowest BCUT2D eigenvalue weighted by atomic mass is 10.1. The van der Waals surface area contributed by atoms with Gasteiger partial charge in [-0.2, -0.15) is 0 Å². The summed E-state index contributed by atoms with van der Waals surface area (Å²) in [6.07, 6.45) is 1.20. The maximum Gasteiger partial charge on any atom is 0.305 e. The normalized spacial score (nSPS) is 20.5. The molecule has 4 nitrogen and oxygen atoms in total. The van der Waals surface area contributed by atoms with E-state index in [9.17, 15) is 4.79 Å². The summed E-state index contributed by atoms with van der Waals surface area (Å²) in [7, 11) is 0. The molecule has 0 bridgehead atoms. The van der Waals surface area contributed by atoms with Crippen molar-refractivity contribution < 1.29 is 9.90 Å². The third-order valence-electron chi connectivity index (χ3n) is 3.12. The summed E-state index contributed by atoms with van der Waals surface area (Å²) in [5.41, 5.74) is 1.08. The van der Waals surface area contributed by atoms with Crippen LogP contribution in [-0.4, -0.2) is 36.8 Å². The quantitative estimate of drug-likeness (QED) is 0.897. The Morgan fingerprint density at radius 1 is 1.56 bits per heavy atom. The highest BCUT2D eigenvalue weighted by molar-refractivity contribution is 9.10. The highest BCUT2D eigenvalue weighted by atomic mass is 79.9. The first kappa shape index (κ1) is 13.4. The molecule has 1 heterocycles. The summed E-state index contributed by atoms with van der Waals surface area (Å²) in [6, 6.07) is 8.05. The largest absolute Gasteiger partial charge is 0.481 e. The van der Waals surface area contributed by atoms with Crippen molar-refractivity contribution in [3.63, 3.8) is 0 Å². The molecular formula is C13H17BrN2O2. The monoisotopic (exact) mass is 312 g/mol. The second-order valence-electron chi connectivity index (χ2n) is 4.48. The Hall–Kier alpha value is -1.07. The van der Waals surface area contributed by atoms with Gasteiger partial charge in [-0.3, -0.25) is 4.79 Å². The van der Waals surface area contributed by atoms with E-state index < -0.39 is 5.97 Å². The van der Waals surface area contributed by atoms with Gasteiger partial charge in [-0.25, -0.2) is 0 Å². The summed E-state index contributed by atoms with van der Waals surface area (Å²) >= 11 is 3.46. The van der Waals surface area contributed by atoms with E-state index in [1.165, 1.54) is 0 Å². The smallest absolute Gasteiger partial charge is 0.305 e. The highest BCUT2D eigenvalue weighted by Gasteiger charge is 2.23. The van der Waals surface area contributed by atoms with Crippen molar-refractivity contribution in [2.24, 2.45) is 0 Å². The van der Waals surface area contributed by atoms with Crippen LogP contribution in [0, 0.1) is 0 Å². The van der Waals surface area contributed by atoms with E-state index in [0.717, 1.165) is 36.2 Å². The summed E-state index contributed by atoms with van der Waals surface area (Å²) in [5.74, 6) is -0.747. The van der Waals surface area contributed by atoms with Crippen LogP contribution >= 0.6 is 15.9 Å². The van der Waals surface area contributed by atoms with Gasteiger partial charge in [0.15, 0.2) is 0 Å². The number of aliphatic carboxylic acids is 1. The maximum absolute atomic E-state index is 11.0. The van der Waals surface area contributed by atoms with Crippen molar-refractivity contribution in [1.29, 1.82) is 0 Å². The van der Waals surface area contributed by atoms with Gasteiger partial charge in [0.1, 0.15) is 0 Å². The topological polar surface area (TPSA) is 52.6 Å². The number of carboxylic acid groups (broad SMARTS) is 1. The fourth-order valence-electron chi connectivity index (χ4n) is 2.31. The van der Waals surface area contributed by atoms with Gasteiger partial charge in [-0.15, -0.1) is 0 Å². The predicted octanol–water partition coefficient (Wildman–Crippen LogP) is 2.09. The Kier molecular flexibility index (Phi) is 4.60. The van der Waals surface area contributed by atoms with Crippen LogP contribution < -0.4 is 10.2 Å². The zero-order chi connectivity index (χ0) is 13.0. The number of carbonyl (C=O) groups is 1. The fourth-order valence-corrected chi connectivity index (χ4v) is 2.70.